The van der Waals surface area contributed by atoms with Gasteiger partial charge in [0, 0.05) is 5.69 Å². The number of amides is 1. The molecule has 134 valence electrons. The van der Waals surface area contributed by atoms with Crippen LogP contribution in [0, 0.1) is 20.8 Å². The molecule has 1 heterocycles. The normalized spacial score (nSPS) is 11.3. The first-order valence-electron chi connectivity index (χ1n) is 8.08. The summed E-state index contributed by atoms with van der Waals surface area (Å²) in [6, 6.07) is 14.7. The molecule has 0 saturated carbocycles. The van der Waals surface area contributed by atoms with Crippen LogP contribution in [0.2, 0.25) is 0 Å². The monoisotopic (exact) mass is 369 g/mol. The van der Waals surface area contributed by atoms with E-state index in [1.807, 2.05) is 32.9 Å². The first-order valence-corrected chi connectivity index (χ1v) is 9.56. The predicted octanol–water partition coefficient (Wildman–Crippen LogP) is 4.29. The molecule has 0 radical (unpaired) electrons. The third kappa shape index (κ3) is 3.41. The molecule has 0 saturated heterocycles. The number of hydrogen-bond donors (Lipinski definition) is 1. The Kier molecular flexibility index (Phi) is 4.70. The molecule has 0 spiro atoms. The fraction of sp³-hybridized carbons (Fsp3) is 0.150. The standard InChI is InChI=1S/C20H19NO4S/c1-13-7-9-16(10-8-13)26(23,24)19-12-11-18(25-19)20(22)21-17-6-4-5-14(2)15(17)3/h4-12H,1-3H3,(H,21,22). The average Bonchev–Trinajstić information content (AvgIpc) is 3.10. The van der Waals surface area contributed by atoms with Gasteiger partial charge in [-0.25, -0.2) is 8.42 Å². The molecule has 0 aliphatic heterocycles. The highest BCUT2D eigenvalue weighted by molar-refractivity contribution is 7.91. The van der Waals surface area contributed by atoms with Crippen molar-refractivity contribution < 1.29 is 17.6 Å². The molecule has 0 unspecified atom stereocenters. The molecule has 3 rings (SSSR count). The molecule has 0 bridgehead atoms. The summed E-state index contributed by atoms with van der Waals surface area (Å²) in [5, 5.41) is 2.49. The second-order valence-corrected chi connectivity index (χ2v) is 8.02. The third-order valence-corrected chi connectivity index (χ3v) is 5.90. The van der Waals surface area contributed by atoms with Gasteiger partial charge >= 0.3 is 0 Å². The second kappa shape index (κ2) is 6.80. The first-order chi connectivity index (χ1) is 12.3. The van der Waals surface area contributed by atoms with Crippen LogP contribution >= 0.6 is 0 Å². The molecule has 6 heteroatoms. The number of aryl methyl sites for hydroxylation is 2. The lowest BCUT2D eigenvalue weighted by molar-refractivity contribution is 0.0991. The molecule has 0 aliphatic carbocycles. The summed E-state index contributed by atoms with van der Waals surface area (Å²) in [6.45, 7) is 5.73. The zero-order chi connectivity index (χ0) is 18.9. The number of rotatable bonds is 4. The van der Waals surface area contributed by atoms with E-state index in [0.29, 0.717) is 5.69 Å². The molecule has 5 nitrogen and oxygen atoms in total. The van der Waals surface area contributed by atoms with E-state index in [0.717, 1.165) is 16.7 Å². The average molecular weight is 369 g/mol. The van der Waals surface area contributed by atoms with Gasteiger partial charge in [-0.2, -0.15) is 0 Å². The summed E-state index contributed by atoms with van der Waals surface area (Å²) < 4.78 is 30.6. The van der Waals surface area contributed by atoms with Gasteiger partial charge in [-0.3, -0.25) is 4.79 Å². The molecule has 1 amide bonds. The van der Waals surface area contributed by atoms with Crippen LogP contribution in [-0.2, 0) is 9.84 Å². The molecule has 26 heavy (non-hydrogen) atoms. The molecule has 1 N–H and O–H groups in total. The summed E-state index contributed by atoms with van der Waals surface area (Å²) in [6.07, 6.45) is 0. The molecule has 3 aromatic rings. The van der Waals surface area contributed by atoms with Crippen LogP contribution in [0.25, 0.3) is 0 Å². The number of sulfone groups is 1. The van der Waals surface area contributed by atoms with Crippen molar-refractivity contribution in [3.63, 3.8) is 0 Å². The number of furan rings is 1. The Hall–Kier alpha value is -2.86. The van der Waals surface area contributed by atoms with Crippen molar-refractivity contribution in [1.82, 2.24) is 0 Å². The van der Waals surface area contributed by atoms with E-state index in [9.17, 15) is 13.2 Å². The van der Waals surface area contributed by atoms with Gasteiger partial charge in [0.1, 0.15) is 0 Å². The fourth-order valence-corrected chi connectivity index (χ4v) is 3.66. The molecule has 0 aliphatic rings. The molecule has 1 aromatic heterocycles. The highest BCUT2D eigenvalue weighted by Gasteiger charge is 2.23. The zero-order valence-corrected chi connectivity index (χ0v) is 15.6. The topological polar surface area (TPSA) is 76.4 Å². The van der Waals surface area contributed by atoms with Crippen LogP contribution in [-0.4, -0.2) is 14.3 Å². The van der Waals surface area contributed by atoms with E-state index in [4.69, 9.17) is 4.42 Å². The smallest absolute Gasteiger partial charge is 0.291 e. The number of carbonyl (C=O) groups is 1. The van der Waals surface area contributed by atoms with Crippen LogP contribution in [0.3, 0.4) is 0 Å². The van der Waals surface area contributed by atoms with Gasteiger partial charge in [0.2, 0.25) is 14.9 Å². The minimum atomic E-state index is -3.80. The van der Waals surface area contributed by atoms with Crippen molar-refractivity contribution in [3.8, 4) is 0 Å². The Bertz CT molecular complexity index is 1060. The molecular weight excluding hydrogens is 350 g/mol. The molecule has 0 atom stereocenters. The Morgan fingerprint density at radius 1 is 0.923 bits per heavy atom. The van der Waals surface area contributed by atoms with E-state index in [1.54, 1.807) is 18.2 Å². The Morgan fingerprint density at radius 3 is 2.31 bits per heavy atom. The van der Waals surface area contributed by atoms with Crippen molar-refractivity contribution in [2.75, 3.05) is 5.32 Å². The maximum absolute atomic E-state index is 12.6. The van der Waals surface area contributed by atoms with Crippen molar-refractivity contribution in [3.05, 3.63) is 77.0 Å². The summed E-state index contributed by atoms with van der Waals surface area (Å²) >= 11 is 0. The Labute approximate surface area is 152 Å². The van der Waals surface area contributed by atoms with Crippen LogP contribution in [0.15, 0.2) is 69.0 Å². The van der Waals surface area contributed by atoms with E-state index in [2.05, 4.69) is 5.32 Å². The van der Waals surface area contributed by atoms with Gasteiger partial charge in [-0.15, -0.1) is 0 Å². The van der Waals surface area contributed by atoms with Gasteiger partial charge in [0.25, 0.3) is 5.91 Å². The summed E-state index contributed by atoms with van der Waals surface area (Å²) in [5.74, 6) is -0.555. The molecular formula is C20H19NO4S. The van der Waals surface area contributed by atoms with Gasteiger partial charge in [0.15, 0.2) is 5.76 Å². The summed E-state index contributed by atoms with van der Waals surface area (Å²) in [5.41, 5.74) is 3.61. The van der Waals surface area contributed by atoms with Gasteiger partial charge in [-0.05, 0) is 62.2 Å². The third-order valence-electron chi connectivity index (χ3n) is 4.25. The number of benzene rings is 2. The lowest BCUT2D eigenvalue weighted by Gasteiger charge is -2.09. The lowest BCUT2D eigenvalue weighted by Crippen LogP contribution is -2.12. The number of nitrogens with one attached hydrogen (secondary N) is 1. The molecule has 2 aromatic carbocycles. The highest BCUT2D eigenvalue weighted by Crippen LogP contribution is 2.24. The fourth-order valence-electron chi connectivity index (χ4n) is 2.49. The highest BCUT2D eigenvalue weighted by atomic mass is 32.2. The van der Waals surface area contributed by atoms with Crippen molar-refractivity contribution >= 4 is 21.4 Å². The minimum absolute atomic E-state index is 0.0587. The van der Waals surface area contributed by atoms with E-state index < -0.39 is 15.7 Å². The first kappa shape index (κ1) is 17.9. The van der Waals surface area contributed by atoms with Crippen LogP contribution in [0.1, 0.15) is 27.2 Å². The largest absolute Gasteiger partial charge is 0.439 e. The number of anilines is 1. The van der Waals surface area contributed by atoms with Gasteiger partial charge < -0.3 is 9.73 Å². The van der Waals surface area contributed by atoms with E-state index in [1.165, 1.54) is 24.3 Å². The van der Waals surface area contributed by atoms with Crippen molar-refractivity contribution in [1.29, 1.82) is 0 Å². The van der Waals surface area contributed by atoms with E-state index >= 15 is 0 Å². The maximum atomic E-state index is 12.6. The Morgan fingerprint density at radius 2 is 1.62 bits per heavy atom. The maximum Gasteiger partial charge on any atom is 0.291 e. The van der Waals surface area contributed by atoms with Crippen molar-refractivity contribution in [2.45, 2.75) is 30.8 Å². The minimum Gasteiger partial charge on any atom is -0.439 e. The SMILES string of the molecule is Cc1ccc(S(=O)(=O)c2ccc(C(=O)Nc3cccc(C)c3C)o2)cc1. The Balaban J connectivity index is 1.86. The predicted molar refractivity (Wildman–Crippen MR) is 99.2 cm³/mol. The number of carbonyl (C=O) groups excluding carboxylic acids is 1. The zero-order valence-electron chi connectivity index (χ0n) is 14.7. The summed E-state index contributed by atoms with van der Waals surface area (Å²) in [7, 11) is -3.80. The quantitative estimate of drug-likeness (QED) is 0.744. The van der Waals surface area contributed by atoms with Crippen LogP contribution < -0.4 is 5.32 Å². The lowest BCUT2D eigenvalue weighted by atomic mass is 10.1. The summed E-state index contributed by atoms with van der Waals surface area (Å²) in [4.78, 5) is 12.5. The number of hydrogen-bond acceptors (Lipinski definition) is 4. The van der Waals surface area contributed by atoms with E-state index in [-0.39, 0.29) is 15.7 Å². The van der Waals surface area contributed by atoms with Gasteiger partial charge in [0.05, 0.1) is 4.90 Å². The molecule has 0 fully saturated rings. The second-order valence-electron chi connectivity index (χ2n) is 6.14. The van der Waals surface area contributed by atoms with Crippen molar-refractivity contribution in [2.24, 2.45) is 0 Å². The van der Waals surface area contributed by atoms with Crippen LogP contribution in [0.4, 0.5) is 5.69 Å². The van der Waals surface area contributed by atoms with Gasteiger partial charge in [-0.1, -0.05) is 29.8 Å². The van der Waals surface area contributed by atoms with Crippen LogP contribution in [0.5, 0.6) is 0 Å².